The van der Waals surface area contributed by atoms with E-state index in [0.29, 0.717) is 11.9 Å². The first kappa shape index (κ1) is 15.5. The van der Waals surface area contributed by atoms with Crippen LogP contribution in [0.5, 0.6) is 0 Å². The van der Waals surface area contributed by atoms with Crippen LogP contribution in [0.2, 0.25) is 0 Å². The van der Waals surface area contributed by atoms with E-state index in [-0.39, 0.29) is 5.69 Å². The van der Waals surface area contributed by atoms with Gasteiger partial charge in [0, 0.05) is 46.4 Å². The summed E-state index contributed by atoms with van der Waals surface area (Å²) in [6, 6.07) is 8.85. The number of rotatable bonds is 4. The maximum atomic E-state index is 11.2. The maximum absolute atomic E-state index is 11.2. The van der Waals surface area contributed by atoms with E-state index in [0.717, 1.165) is 26.9 Å². The third kappa shape index (κ3) is 2.91. The van der Waals surface area contributed by atoms with E-state index in [9.17, 15) is 10.1 Å². The second-order valence-electron chi connectivity index (χ2n) is 5.51. The van der Waals surface area contributed by atoms with Gasteiger partial charge in [0.05, 0.1) is 22.5 Å². The number of benzene rings is 1. The third-order valence-electron chi connectivity index (χ3n) is 3.92. The largest absolute Gasteiger partial charge is 0.379 e. The van der Waals surface area contributed by atoms with E-state index in [1.54, 1.807) is 18.3 Å². The molecule has 0 saturated heterocycles. The first-order valence-corrected chi connectivity index (χ1v) is 8.29. The number of nitro groups is 1. The highest BCUT2D eigenvalue weighted by atomic mass is 79.9. The van der Waals surface area contributed by atoms with E-state index in [1.807, 2.05) is 28.9 Å². The highest BCUT2D eigenvalue weighted by Gasteiger charge is 2.14. The molecule has 4 aromatic rings. The van der Waals surface area contributed by atoms with Gasteiger partial charge in [0.25, 0.3) is 5.69 Å². The average Bonchev–Trinajstić information content (AvgIpc) is 3.01. The number of nitrogens with zero attached hydrogens (tertiary/aromatic N) is 4. The topological polar surface area (TPSA) is 85.4 Å². The van der Waals surface area contributed by atoms with Crippen molar-refractivity contribution in [3.8, 4) is 0 Å². The van der Waals surface area contributed by atoms with Gasteiger partial charge in [-0.3, -0.25) is 15.1 Å². The van der Waals surface area contributed by atoms with Crippen LogP contribution in [0.3, 0.4) is 0 Å². The number of aromatic nitrogens is 3. The van der Waals surface area contributed by atoms with Crippen LogP contribution in [0.1, 0.15) is 5.69 Å². The number of pyridine rings is 2. The second-order valence-corrected chi connectivity index (χ2v) is 6.42. The Balaban J connectivity index is 1.66. The standard InChI is InChI=1S/C17H12BrN5O2/c18-11-1-4-17-21-12(10-22(17)9-11)7-20-15-2-3-16(23(24)25)14-8-19-6-5-13(14)15/h1-6,8-10,20H,7H2. The maximum Gasteiger partial charge on any atom is 0.278 e. The minimum atomic E-state index is -0.395. The Morgan fingerprint density at radius 2 is 2.04 bits per heavy atom. The zero-order valence-corrected chi connectivity index (χ0v) is 14.5. The number of anilines is 1. The molecule has 0 unspecified atom stereocenters. The summed E-state index contributed by atoms with van der Waals surface area (Å²) in [7, 11) is 0. The summed E-state index contributed by atoms with van der Waals surface area (Å²) < 4.78 is 2.92. The van der Waals surface area contributed by atoms with E-state index >= 15 is 0 Å². The van der Waals surface area contributed by atoms with Gasteiger partial charge < -0.3 is 9.72 Å². The molecule has 0 amide bonds. The van der Waals surface area contributed by atoms with Gasteiger partial charge in [-0.25, -0.2) is 4.98 Å². The van der Waals surface area contributed by atoms with Crippen molar-refractivity contribution in [2.24, 2.45) is 0 Å². The van der Waals surface area contributed by atoms with Crippen molar-refractivity contribution < 1.29 is 4.92 Å². The van der Waals surface area contributed by atoms with Gasteiger partial charge in [0.1, 0.15) is 5.65 Å². The second kappa shape index (κ2) is 6.14. The predicted molar refractivity (Wildman–Crippen MR) is 98.6 cm³/mol. The molecule has 1 aromatic carbocycles. The summed E-state index contributed by atoms with van der Waals surface area (Å²) in [5.41, 5.74) is 2.59. The van der Waals surface area contributed by atoms with Gasteiger partial charge in [0.15, 0.2) is 0 Å². The Kier molecular flexibility index (Phi) is 3.81. The lowest BCUT2D eigenvalue weighted by Crippen LogP contribution is -2.01. The monoisotopic (exact) mass is 397 g/mol. The number of fused-ring (bicyclic) bond motifs is 2. The number of halogens is 1. The predicted octanol–water partition coefficient (Wildman–Crippen LogP) is 4.17. The molecule has 0 radical (unpaired) electrons. The fraction of sp³-hybridized carbons (Fsp3) is 0.0588. The fourth-order valence-corrected chi connectivity index (χ4v) is 3.13. The van der Waals surface area contributed by atoms with E-state index in [4.69, 9.17) is 0 Å². The Morgan fingerprint density at radius 3 is 2.88 bits per heavy atom. The van der Waals surface area contributed by atoms with Gasteiger partial charge in [0.2, 0.25) is 0 Å². The molecular weight excluding hydrogens is 386 g/mol. The minimum absolute atomic E-state index is 0.0474. The molecule has 8 heteroatoms. The molecule has 4 rings (SSSR count). The van der Waals surface area contributed by atoms with Crippen molar-refractivity contribution in [2.45, 2.75) is 6.54 Å². The van der Waals surface area contributed by atoms with Crippen LogP contribution in [0.25, 0.3) is 16.4 Å². The summed E-state index contributed by atoms with van der Waals surface area (Å²) in [5, 5.41) is 15.8. The Morgan fingerprint density at radius 1 is 1.16 bits per heavy atom. The molecule has 0 atom stereocenters. The molecule has 0 aliphatic carbocycles. The summed E-state index contributed by atoms with van der Waals surface area (Å²) in [6.07, 6.45) is 7.03. The van der Waals surface area contributed by atoms with Crippen molar-refractivity contribution in [2.75, 3.05) is 5.32 Å². The highest BCUT2D eigenvalue weighted by Crippen LogP contribution is 2.30. The van der Waals surface area contributed by atoms with Gasteiger partial charge >= 0.3 is 0 Å². The SMILES string of the molecule is O=[N+]([O-])c1ccc(NCc2cn3cc(Br)ccc3n2)c2ccncc12. The molecule has 1 N–H and O–H groups in total. The highest BCUT2D eigenvalue weighted by molar-refractivity contribution is 9.10. The summed E-state index contributed by atoms with van der Waals surface area (Å²) >= 11 is 3.44. The zero-order valence-electron chi connectivity index (χ0n) is 12.9. The normalized spacial score (nSPS) is 11.1. The lowest BCUT2D eigenvalue weighted by atomic mass is 10.1. The van der Waals surface area contributed by atoms with Crippen molar-refractivity contribution in [1.29, 1.82) is 0 Å². The fourth-order valence-electron chi connectivity index (χ4n) is 2.78. The van der Waals surface area contributed by atoms with E-state index in [1.165, 1.54) is 12.3 Å². The first-order valence-electron chi connectivity index (χ1n) is 7.50. The van der Waals surface area contributed by atoms with Crippen molar-refractivity contribution in [3.05, 3.63) is 75.4 Å². The molecule has 0 fully saturated rings. The molecule has 0 bridgehead atoms. The smallest absolute Gasteiger partial charge is 0.278 e. The molecule has 0 aliphatic heterocycles. The van der Waals surface area contributed by atoms with E-state index in [2.05, 4.69) is 31.2 Å². The molecule has 0 spiro atoms. The Labute approximate surface area is 150 Å². The number of nitro benzene ring substituents is 1. The van der Waals surface area contributed by atoms with Gasteiger partial charge in [-0.2, -0.15) is 0 Å². The van der Waals surface area contributed by atoms with Crippen LogP contribution in [0, 0.1) is 10.1 Å². The minimum Gasteiger partial charge on any atom is -0.379 e. The lowest BCUT2D eigenvalue weighted by molar-refractivity contribution is -0.383. The van der Waals surface area contributed by atoms with Gasteiger partial charge in [-0.15, -0.1) is 0 Å². The van der Waals surface area contributed by atoms with Crippen LogP contribution in [0.15, 0.2) is 59.6 Å². The Bertz CT molecular complexity index is 1110. The Hall–Kier alpha value is -3.00. The number of hydrogen-bond acceptors (Lipinski definition) is 5. The van der Waals surface area contributed by atoms with Crippen LogP contribution in [-0.2, 0) is 6.54 Å². The molecule has 0 saturated carbocycles. The summed E-state index contributed by atoms with van der Waals surface area (Å²) in [4.78, 5) is 19.3. The third-order valence-corrected chi connectivity index (χ3v) is 4.39. The molecule has 3 heterocycles. The molecule has 3 aromatic heterocycles. The number of non-ortho nitro benzene ring substituents is 1. The van der Waals surface area contributed by atoms with Crippen molar-refractivity contribution in [1.82, 2.24) is 14.4 Å². The summed E-state index contributed by atoms with van der Waals surface area (Å²) in [6.45, 7) is 0.508. The lowest BCUT2D eigenvalue weighted by Gasteiger charge is -2.08. The number of nitrogens with one attached hydrogen (secondary N) is 1. The molecule has 25 heavy (non-hydrogen) atoms. The molecule has 7 nitrogen and oxygen atoms in total. The van der Waals surface area contributed by atoms with Crippen LogP contribution < -0.4 is 5.32 Å². The summed E-state index contributed by atoms with van der Waals surface area (Å²) in [5.74, 6) is 0. The van der Waals surface area contributed by atoms with E-state index < -0.39 is 4.92 Å². The molecule has 0 aliphatic rings. The number of imidazole rings is 1. The van der Waals surface area contributed by atoms with Crippen LogP contribution >= 0.6 is 15.9 Å². The number of hydrogen-bond donors (Lipinski definition) is 1. The quantitative estimate of drug-likeness (QED) is 0.412. The van der Waals surface area contributed by atoms with Crippen molar-refractivity contribution in [3.63, 3.8) is 0 Å². The zero-order chi connectivity index (χ0) is 17.4. The molecule has 124 valence electrons. The average molecular weight is 398 g/mol. The first-order chi connectivity index (χ1) is 12.1. The molecular formula is C17H12BrN5O2. The van der Waals surface area contributed by atoms with Crippen molar-refractivity contribution >= 4 is 43.7 Å². The van der Waals surface area contributed by atoms with Gasteiger partial charge in [-0.05, 0) is 40.2 Å². The van der Waals surface area contributed by atoms with Crippen LogP contribution in [-0.4, -0.2) is 19.3 Å². The van der Waals surface area contributed by atoms with Crippen LogP contribution in [0.4, 0.5) is 11.4 Å². The van der Waals surface area contributed by atoms with Gasteiger partial charge in [-0.1, -0.05) is 0 Å².